The molecule has 1 heterocycles. The van der Waals surface area contributed by atoms with Gasteiger partial charge in [0.2, 0.25) is 5.88 Å². The molecule has 1 aromatic carbocycles. The molecule has 0 saturated heterocycles. The molecule has 0 aliphatic heterocycles. The standard InChI is InChI=1S/C12H11N3O4/c13-10-11(18)14-6-15-12(10)19-8-3-1-2-7(4-8)5-9(16)17/h1-4,6H,5,13H2,(H,16,17)(H,14,15,18). The lowest BCUT2D eigenvalue weighted by Crippen LogP contribution is -2.13. The van der Waals surface area contributed by atoms with Gasteiger partial charge in [0.15, 0.2) is 5.69 Å². The average Bonchev–Trinajstić information content (AvgIpc) is 2.35. The topological polar surface area (TPSA) is 118 Å². The second-order valence-electron chi connectivity index (χ2n) is 3.77. The van der Waals surface area contributed by atoms with Crippen molar-refractivity contribution in [3.63, 3.8) is 0 Å². The molecule has 0 bridgehead atoms. The van der Waals surface area contributed by atoms with Crippen molar-refractivity contribution < 1.29 is 14.6 Å². The van der Waals surface area contributed by atoms with Gasteiger partial charge in [-0.05, 0) is 17.7 Å². The molecule has 1 aromatic heterocycles. The third-order valence-corrected chi connectivity index (χ3v) is 2.32. The molecule has 4 N–H and O–H groups in total. The lowest BCUT2D eigenvalue weighted by Gasteiger charge is -2.07. The van der Waals surface area contributed by atoms with Gasteiger partial charge >= 0.3 is 5.97 Å². The fraction of sp³-hybridized carbons (Fsp3) is 0.0833. The zero-order chi connectivity index (χ0) is 13.8. The molecular weight excluding hydrogens is 250 g/mol. The molecule has 0 saturated carbocycles. The minimum Gasteiger partial charge on any atom is -0.481 e. The number of hydrogen-bond acceptors (Lipinski definition) is 5. The maximum absolute atomic E-state index is 11.3. The van der Waals surface area contributed by atoms with E-state index in [4.69, 9.17) is 15.6 Å². The highest BCUT2D eigenvalue weighted by molar-refractivity contribution is 5.70. The zero-order valence-corrected chi connectivity index (χ0v) is 9.79. The van der Waals surface area contributed by atoms with E-state index in [-0.39, 0.29) is 18.0 Å². The van der Waals surface area contributed by atoms with Gasteiger partial charge in [0.1, 0.15) is 5.75 Å². The van der Waals surface area contributed by atoms with Gasteiger partial charge in [-0.25, -0.2) is 4.98 Å². The number of aromatic amines is 1. The van der Waals surface area contributed by atoms with Gasteiger partial charge in [-0.3, -0.25) is 9.59 Å². The van der Waals surface area contributed by atoms with E-state index in [1.807, 2.05) is 0 Å². The number of nitrogen functional groups attached to an aromatic ring is 1. The average molecular weight is 261 g/mol. The fourth-order valence-electron chi connectivity index (χ4n) is 1.48. The van der Waals surface area contributed by atoms with Crippen LogP contribution in [-0.4, -0.2) is 21.0 Å². The van der Waals surface area contributed by atoms with Crippen molar-refractivity contribution in [3.8, 4) is 11.6 Å². The molecule has 98 valence electrons. The second kappa shape index (κ2) is 5.21. The van der Waals surface area contributed by atoms with Crippen LogP contribution in [0, 0.1) is 0 Å². The number of carboxylic acid groups (broad SMARTS) is 1. The summed E-state index contributed by atoms with van der Waals surface area (Å²) in [5.74, 6) is -0.592. The molecule has 0 atom stereocenters. The third-order valence-electron chi connectivity index (χ3n) is 2.32. The molecule has 2 aromatic rings. The number of nitrogens with two attached hydrogens (primary N) is 1. The number of aromatic nitrogens is 2. The number of benzene rings is 1. The van der Waals surface area contributed by atoms with Gasteiger partial charge in [-0.1, -0.05) is 12.1 Å². The maximum Gasteiger partial charge on any atom is 0.307 e. The molecule has 7 nitrogen and oxygen atoms in total. The van der Waals surface area contributed by atoms with Crippen LogP contribution in [0.25, 0.3) is 0 Å². The molecular formula is C12H11N3O4. The number of ether oxygens (including phenoxy) is 1. The predicted octanol–water partition coefficient (Wildman–Crippen LogP) is 0.772. The molecule has 0 spiro atoms. The van der Waals surface area contributed by atoms with Crippen LogP contribution >= 0.6 is 0 Å². The summed E-state index contributed by atoms with van der Waals surface area (Å²) in [6.07, 6.45) is 1.06. The number of aliphatic carboxylic acids is 1. The molecule has 0 aliphatic rings. The lowest BCUT2D eigenvalue weighted by molar-refractivity contribution is -0.136. The van der Waals surface area contributed by atoms with Crippen molar-refractivity contribution in [1.82, 2.24) is 9.97 Å². The minimum absolute atomic E-state index is 0.0174. The Morgan fingerprint density at radius 2 is 2.26 bits per heavy atom. The first kappa shape index (κ1) is 12.6. The molecule has 7 heteroatoms. The number of rotatable bonds is 4. The summed E-state index contributed by atoms with van der Waals surface area (Å²) in [4.78, 5) is 28.0. The van der Waals surface area contributed by atoms with Crippen LogP contribution in [0.1, 0.15) is 5.56 Å². The number of nitrogens with zero attached hydrogens (tertiary/aromatic N) is 1. The van der Waals surface area contributed by atoms with Crippen molar-refractivity contribution in [2.75, 3.05) is 5.73 Å². The van der Waals surface area contributed by atoms with Crippen molar-refractivity contribution in [2.24, 2.45) is 0 Å². The summed E-state index contributed by atoms with van der Waals surface area (Å²) < 4.78 is 5.36. The van der Waals surface area contributed by atoms with Crippen molar-refractivity contribution in [3.05, 3.63) is 46.5 Å². The number of hydrogen-bond donors (Lipinski definition) is 3. The van der Waals surface area contributed by atoms with Crippen LogP contribution in [0.5, 0.6) is 11.6 Å². The highest BCUT2D eigenvalue weighted by Gasteiger charge is 2.08. The Labute approximate surface area is 107 Å². The Morgan fingerprint density at radius 3 is 3.00 bits per heavy atom. The van der Waals surface area contributed by atoms with Gasteiger partial charge in [0.25, 0.3) is 5.56 Å². The molecule has 2 rings (SSSR count). The van der Waals surface area contributed by atoms with E-state index in [9.17, 15) is 9.59 Å². The van der Waals surface area contributed by atoms with E-state index >= 15 is 0 Å². The Balaban J connectivity index is 2.26. The molecule has 0 fully saturated rings. The first-order valence-corrected chi connectivity index (χ1v) is 5.38. The van der Waals surface area contributed by atoms with Crippen molar-refractivity contribution in [1.29, 1.82) is 0 Å². The van der Waals surface area contributed by atoms with E-state index in [1.54, 1.807) is 24.3 Å². The Bertz CT molecular complexity index is 666. The van der Waals surface area contributed by atoms with E-state index in [0.29, 0.717) is 11.3 Å². The van der Waals surface area contributed by atoms with E-state index in [1.165, 1.54) is 6.33 Å². The van der Waals surface area contributed by atoms with Crippen LogP contribution < -0.4 is 16.0 Å². The molecule has 0 aliphatic carbocycles. The highest BCUT2D eigenvalue weighted by Crippen LogP contribution is 2.22. The van der Waals surface area contributed by atoms with Crippen LogP contribution in [-0.2, 0) is 11.2 Å². The summed E-state index contributed by atoms with van der Waals surface area (Å²) in [5.41, 5.74) is 5.47. The first-order chi connectivity index (χ1) is 9.06. The fourth-order valence-corrected chi connectivity index (χ4v) is 1.48. The van der Waals surface area contributed by atoms with Gasteiger partial charge < -0.3 is 20.6 Å². The Kier molecular flexibility index (Phi) is 3.46. The molecule has 0 radical (unpaired) electrons. The number of anilines is 1. The number of H-pyrrole nitrogens is 1. The zero-order valence-electron chi connectivity index (χ0n) is 9.79. The minimum atomic E-state index is -0.939. The summed E-state index contributed by atoms with van der Waals surface area (Å²) in [6, 6.07) is 6.48. The van der Waals surface area contributed by atoms with Gasteiger partial charge in [-0.2, -0.15) is 0 Å². The van der Waals surface area contributed by atoms with Crippen LogP contribution in [0.4, 0.5) is 5.69 Å². The first-order valence-electron chi connectivity index (χ1n) is 5.38. The van der Waals surface area contributed by atoms with Crippen LogP contribution in [0.3, 0.4) is 0 Å². The van der Waals surface area contributed by atoms with Crippen molar-refractivity contribution >= 4 is 11.7 Å². The molecule has 0 unspecified atom stereocenters. The monoisotopic (exact) mass is 261 g/mol. The van der Waals surface area contributed by atoms with Gasteiger partial charge in [-0.15, -0.1) is 0 Å². The number of carbonyl (C=O) groups is 1. The predicted molar refractivity (Wildman–Crippen MR) is 67.1 cm³/mol. The second-order valence-corrected chi connectivity index (χ2v) is 3.77. The van der Waals surface area contributed by atoms with E-state index < -0.39 is 11.5 Å². The summed E-state index contributed by atoms with van der Waals surface area (Å²) in [7, 11) is 0. The van der Waals surface area contributed by atoms with E-state index in [0.717, 1.165) is 0 Å². The largest absolute Gasteiger partial charge is 0.481 e. The molecule has 19 heavy (non-hydrogen) atoms. The van der Waals surface area contributed by atoms with Gasteiger partial charge in [0, 0.05) is 0 Å². The Hall–Kier alpha value is -2.83. The van der Waals surface area contributed by atoms with Crippen molar-refractivity contribution in [2.45, 2.75) is 6.42 Å². The van der Waals surface area contributed by atoms with Crippen LogP contribution in [0.2, 0.25) is 0 Å². The lowest BCUT2D eigenvalue weighted by atomic mass is 10.1. The van der Waals surface area contributed by atoms with Gasteiger partial charge in [0.05, 0.1) is 12.7 Å². The van der Waals surface area contributed by atoms with E-state index in [2.05, 4.69) is 9.97 Å². The summed E-state index contributed by atoms with van der Waals surface area (Å²) >= 11 is 0. The SMILES string of the molecule is Nc1c(Oc2cccc(CC(=O)O)c2)nc[nH]c1=O. The quantitative estimate of drug-likeness (QED) is 0.748. The maximum atomic E-state index is 11.3. The third kappa shape index (κ3) is 3.09. The molecule has 0 amide bonds. The van der Waals surface area contributed by atoms with Crippen LogP contribution in [0.15, 0.2) is 35.4 Å². The number of nitrogens with one attached hydrogen (secondary N) is 1. The number of carboxylic acids is 1. The summed E-state index contributed by atoms with van der Waals surface area (Å²) in [5, 5.41) is 8.71. The smallest absolute Gasteiger partial charge is 0.307 e. The summed E-state index contributed by atoms with van der Waals surface area (Å²) in [6.45, 7) is 0. The highest BCUT2D eigenvalue weighted by atomic mass is 16.5. The Morgan fingerprint density at radius 1 is 1.47 bits per heavy atom. The normalized spacial score (nSPS) is 10.1.